The maximum absolute atomic E-state index is 12.2. The lowest BCUT2D eigenvalue weighted by atomic mass is 9.83. The van der Waals surface area contributed by atoms with E-state index in [4.69, 9.17) is 0 Å². The second kappa shape index (κ2) is 5.13. The van der Waals surface area contributed by atoms with Gasteiger partial charge in [0.1, 0.15) is 22.5 Å². The number of aliphatic hydroxyl groups is 2. The zero-order chi connectivity index (χ0) is 17.2. The number of hydrogen-bond acceptors (Lipinski definition) is 6. The summed E-state index contributed by atoms with van der Waals surface area (Å²) < 4.78 is 1.74. The molecular weight excluding hydrogens is 334 g/mol. The summed E-state index contributed by atoms with van der Waals surface area (Å²) in [5.74, 6) is -2.08. The largest absolute Gasteiger partial charge is 0.477 e. The third kappa shape index (κ3) is 1.83. The van der Waals surface area contributed by atoms with E-state index >= 15 is 0 Å². The Balaban J connectivity index is 1.83. The highest BCUT2D eigenvalue weighted by Crippen LogP contribution is 2.47. The molecule has 0 spiro atoms. The van der Waals surface area contributed by atoms with Crippen molar-refractivity contribution in [2.45, 2.75) is 32.1 Å². The zero-order valence-corrected chi connectivity index (χ0v) is 13.5. The number of aromatic nitrogens is 2. The highest BCUT2D eigenvalue weighted by molar-refractivity contribution is 7.15. The number of rotatable bonds is 4. The number of imidazole rings is 1. The minimum atomic E-state index is -1.16. The quantitative estimate of drug-likeness (QED) is 0.684. The average Bonchev–Trinajstić information content (AvgIpc) is 3.17. The third-order valence-electron chi connectivity index (χ3n) is 4.73. The molecule has 1 saturated heterocycles. The molecule has 2 aliphatic heterocycles. The van der Waals surface area contributed by atoms with Crippen LogP contribution in [-0.2, 0) is 16.2 Å². The lowest BCUT2D eigenvalue weighted by Crippen LogP contribution is -2.61. The van der Waals surface area contributed by atoms with Crippen LogP contribution in [0.4, 0.5) is 0 Å². The molecule has 1 fully saturated rings. The Labute approximate surface area is 140 Å². The van der Waals surface area contributed by atoms with E-state index in [1.807, 2.05) is 5.38 Å². The lowest BCUT2D eigenvalue weighted by molar-refractivity contribution is -0.161. The highest BCUT2D eigenvalue weighted by atomic mass is 32.1. The fourth-order valence-corrected chi connectivity index (χ4v) is 4.65. The Bertz CT molecular complexity index is 896. The van der Waals surface area contributed by atoms with Crippen LogP contribution in [0.3, 0.4) is 0 Å². The molecule has 4 rings (SSSR count). The Morgan fingerprint density at radius 3 is 2.92 bits per heavy atom. The summed E-state index contributed by atoms with van der Waals surface area (Å²) in [5, 5.41) is 30.5. The molecule has 0 bridgehead atoms. The molecular formula is C15H15N3O5S. The number of carboxylic acids is 1. The van der Waals surface area contributed by atoms with E-state index in [1.165, 1.54) is 16.2 Å². The molecule has 3 N–H and O–H groups in total. The van der Waals surface area contributed by atoms with Gasteiger partial charge in [0.15, 0.2) is 0 Å². The van der Waals surface area contributed by atoms with Gasteiger partial charge in [-0.25, -0.2) is 9.78 Å². The zero-order valence-electron chi connectivity index (χ0n) is 12.7. The first-order valence-corrected chi connectivity index (χ1v) is 8.36. The molecule has 2 aliphatic rings. The van der Waals surface area contributed by atoms with Crippen LogP contribution in [0, 0.1) is 5.92 Å². The third-order valence-corrected chi connectivity index (χ3v) is 5.72. The predicted molar refractivity (Wildman–Crippen MR) is 84.0 cm³/mol. The molecule has 1 amide bonds. The SMILES string of the molecule is C[C@@H](O)[C@H]1C(=O)N2C(C(=O)O)=C(c3csc4c(CO)ncn34)C[C@H]12. The normalized spacial score (nSPS) is 24.5. The molecule has 2 aromatic rings. The summed E-state index contributed by atoms with van der Waals surface area (Å²) in [6.45, 7) is 1.35. The number of β-lactam (4-membered cyclic amide) rings is 1. The first kappa shape index (κ1) is 15.3. The van der Waals surface area contributed by atoms with Gasteiger partial charge >= 0.3 is 5.97 Å². The number of carbonyl (C=O) groups is 2. The fraction of sp³-hybridized carbons (Fsp3) is 0.400. The molecule has 24 heavy (non-hydrogen) atoms. The molecule has 0 aromatic carbocycles. The predicted octanol–water partition coefficient (Wildman–Crippen LogP) is 0.295. The van der Waals surface area contributed by atoms with Gasteiger partial charge in [0, 0.05) is 11.0 Å². The van der Waals surface area contributed by atoms with Crippen molar-refractivity contribution in [3.05, 3.63) is 28.8 Å². The molecule has 2 aromatic heterocycles. The van der Waals surface area contributed by atoms with Crippen LogP contribution in [0.1, 0.15) is 24.7 Å². The summed E-state index contributed by atoms with van der Waals surface area (Å²) in [4.78, 5) is 30.1. The molecule has 0 unspecified atom stereocenters. The number of nitrogens with zero attached hydrogens (tertiary/aromatic N) is 3. The van der Waals surface area contributed by atoms with Gasteiger partial charge in [0.25, 0.3) is 0 Å². The number of amides is 1. The molecule has 0 radical (unpaired) electrons. The van der Waals surface area contributed by atoms with Crippen molar-refractivity contribution in [1.29, 1.82) is 0 Å². The summed E-state index contributed by atoms with van der Waals surface area (Å²) in [7, 11) is 0. The van der Waals surface area contributed by atoms with E-state index in [-0.39, 0.29) is 24.3 Å². The first-order valence-electron chi connectivity index (χ1n) is 7.48. The van der Waals surface area contributed by atoms with E-state index in [0.717, 1.165) is 4.83 Å². The van der Waals surface area contributed by atoms with Crippen LogP contribution in [-0.4, -0.2) is 53.6 Å². The van der Waals surface area contributed by atoms with Crippen LogP contribution >= 0.6 is 11.3 Å². The molecule has 3 atom stereocenters. The number of aliphatic carboxylic acids is 1. The van der Waals surface area contributed by atoms with E-state index < -0.39 is 18.0 Å². The number of aliphatic hydroxyl groups excluding tert-OH is 2. The topological polar surface area (TPSA) is 115 Å². The maximum Gasteiger partial charge on any atom is 0.352 e. The van der Waals surface area contributed by atoms with Crippen molar-refractivity contribution in [3.63, 3.8) is 0 Å². The van der Waals surface area contributed by atoms with Gasteiger partial charge in [-0.1, -0.05) is 0 Å². The van der Waals surface area contributed by atoms with Crippen molar-refractivity contribution < 1.29 is 24.9 Å². The van der Waals surface area contributed by atoms with E-state index in [2.05, 4.69) is 4.98 Å². The Kier molecular flexibility index (Phi) is 3.27. The minimum Gasteiger partial charge on any atom is -0.477 e. The summed E-state index contributed by atoms with van der Waals surface area (Å²) in [6.07, 6.45) is 1.11. The maximum atomic E-state index is 12.2. The Hall–Kier alpha value is -2.23. The number of fused-ring (bicyclic) bond motifs is 2. The van der Waals surface area contributed by atoms with Gasteiger partial charge in [-0.15, -0.1) is 11.3 Å². The average molecular weight is 349 g/mol. The van der Waals surface area contributed by atoms with E-state index in [1.54, 1.807) is 17.7 Å². The van der Waals surface area contributed by atoms with Crippen LogP contribution in [0.15, 0.2) is 17.4 Å². The minimum absolute atomic E-state index is 0.0270. The van der Waals surface area contributed by atoms with Crippen molar-refractivity contribution in [2.75, 3.05) is 0 Å². The summed E-state index contributed by atoms with van der Waals surface area (Å²) >= 11 is 1.36. The van der Waals surface area contributed by atoms with E-state index in [0.29, 0.717) is 23.4 Å². The smallest absolute Gasteiger partial charge is 0.352 e. The number of hydrogen-bond donors (Lipinski definition) is 3. The van der Waals surface area contributed by atoms with Gasteiger partial charge < -0.3 is 20.2 Å². The molecule has 126 valence electrons. The van der Waals surface area contributed by atoms with Crippen molar-refractivity contribution >= 4 is 33.6 Å². The highest BCUT2D eigenvalue weighted by Gasteiger charge is 2.57. The fourth-order valence-electron chi connectivity index (χ4n) is 3.66. The number of carbonyl (C=O) groups excluding carboxylic acids is 1. The van der Waals surface area contributed by atoms with Gasteiger partial charge in [0.05, 0.1) is 30.4 Å². The molecule has 9 heteroatoms. The summed E-state index contributed by atoms with van der Waals surface area (Å²) in [6, 6.07) is -0.325. The standard InChI is InChI=1S/C15H15N3O5S/c1-6(20)11-9-2-7(12(15(22)23)18(9)13(11)21)10-4-24-14-8(3-19)16-5-17(10)14/h4-6,9,11,19-20H,2-3H2,1H3,(H,22,23)/t6-,9-,11-/m1/s1. The van der Waals surface area contributed by atoms with Crippen LogP contribution < -0.4 is 0 Å². The van der Waals surface area contributed by atoms with Gasteiger partial charge in [-0.3, -0.25) is 9.20 Å². The van der Waals surface area contributed by atoms with Gasteiger partial charge in [0.2, 0.25) is 5.91 Å². The molecule has 0 saturated carbocycles. The first-order chi connectivity index (χ1) is 11.5. The summed E-state index contributed by atoms with van der Waals surface area (Å²) in [5.41, 5.74) is 1.71. The lowest BCUT2D eigenvalue weighted by Gasteiger charge is -2.44. The van der Waals surface area contributed by atoms with Crippen LogP contribution in [0.5, 0.6) is 0 Å². The number of carboxylic acid groups (broad SMARTS) is 1. The Morgan fingerprint density at radius 1 is 1.54 bits per heavy atom. The van der Waals surface area contributed by atoms with Crippen molar-refractivity contribution in [2.24, 2.45) is 5.92 Å². The van der Waals surface area contributed by atoms with Crippen molar-refractivity contribution in [1.82, 2.24) is 14.3 Å². The number of thiazole rings is 1. The second-order valence-corrected chi connectivity index (χ2v) is 6.88. The Morgan fingerprint density at radius 2 is 2.29 bits per heavy atom. The van der Waals surface area contributed by atoms with Crippen LogP contribution in [0.25, 0.3) is 10.4 Å². The van der Waals surface area contributed by atoms with Crippen LogP contribution in [0.2, 0.25) is 0 Å². The van der Waals surface area contributed by atoms with Gasteiger partial charge in [-0.2, -0.15) is 0 Å². The van der Waals surface area contributed by atoms with Gasteiger partial charge in [-0.05, 0) is 13.3 Å². The van der Waals surface area contributed by atoms with E-state index in [9.17, 15) is 24.9 Å². The van der Waals surface area contributed by atoms with Crippen molar-refractivity contribution in [3.8, 4) is 0 Å². The second-order valence-electron chi connectivity index (χ2n) is 6.02. The monoisotopic (exact) mass is 349 g/mol. The molecule has 4 heterocycles. The molecule has 0 aliphatic carbocycles. The molecule has 8 nitrogen and oxygen atoms in total.